The highest BCUT2D eigenvalue weighted by Gasteiger charge is 2.32. The number of fused-ring (bicyclic) bond motifs is 1. The number of anilines is 2. The summed E-state index contributed by atoms with van der Waals surface area (Å²) in [7, 11) is -4.48. The number of alkyl halides is 6. The van der Waals surface area contributed by atoms with E-state index in [1.165, 1.54) is 0 Å². The Kier molecular flexibility index (Phi) is 11.2. The van der Waals surface area contributed by atoms with Crippen LogP contribution in [0.5, 0.6) is 11.5 Å². The van der Waals surface area contributed by atoms with Gasteiger partial charge in [0, 0.05) is 31.1 Å². The van der Waals surface area contributed by atoms with Crippen molar-refractivity contribution in [3.05, 3.63) is 42.5 Å². The molecular weight excluding hydrogens is 632 g/mol. The molecule has 1 fully saturated rings. The van der Waals surface area contributed by atoms with Crippen LogP contribution in [0.3, 0.4) is 0 Å². The fourth-order valence-electron chi connectivity index (χ4n) is 4.88. The third-order valence-corrected chi connectivity index (χ3v) is 8.53. The molecule has 17 heteroatoms. The van der Waals surface area contributed by atoms with Gasteiger partial charge in [-0.3, -0.25) is 0 Å². The zero-order chi connectivity index (χ0) is 32.7. The first-order chi connectivity index (χ1) is 21.2. The van der Waals surface area contributed by atoms with E-state index in [0.29, 0.717) is 43.8 Å². The van der Waals surface area contributed by atoms with Gasteiger partial charge in [-0.2, -0.15) is 31.3 Å². The summed E-state index contributed by atoms with van der Waals surface area (Å²) >= 11 is 0. The number of rotatable bonds is 14. The minimum atomic E-state index is -4.77. The summed E-state index contributed by atoms with van der Waals surface area (Å²) in [5, 5.41) is 16.3. The highest BCUT2D eigenvalue weighted by molar-refractivity contribution is 7.89. The third-order valence-electron chi connectivity index (χ3n) is 7.08. The Morgan fingerprint density at radius 2 is 1.49 bits per heavy atom. The third kappa shape index (κ3) is 10.5. The summed E-state index contributed by atoms with van der Waals surface area (Å²) in [5.74, 6) is 0.0240. The van der Waals surface area contributed by atoms with Gasteiger partial charge in [0.1, 0.15) is 22.2 Å². The topological polar surface area (TPSA) is 135 Å². The van der Waals surface area contributed by atoms with Crippen LogP contribution in [-0.2, 0) is 10.0 Å². The maximum atomic E-state index is 13.1. The van der Waals surface area contributed by atoms with Crippen molar-refractivity contribution in [2.75, 3.05) is 50.1 Å². The van der Waals surface area contributed by atoms with Gasteiger partial charge < -0.3 is 25.2 Å². The molecule has 1 aliphatic carbocycles. The van der Waals surface area contributed by atoms with Crippen LogP contribution in [0.2, 0.25) is 0 Å². The van der Waals surface area contributed by atoms with E-state index in [0.717, 1.165) is 35.9 Å². The molecule has 1 heterocycles. The van der Waals surface area contributed by atoms with E-state index in [1.807, 2.05) is 24.3 Å². The van der Waals surface area contributed by atoms with Crippen molar-refractivity contribution in [1.82, 2.24) is 14.7 Å². The van der Waals surface area contributed by atoms with Crippen LogP contribution >= 0.6 is 0 Å². The zero-order valence-corrected chi connectivity index (χ0v) is 24.7. The molecule has 1 aromatic heterocycles. The summed E-state index contributed by atoms with van der Waals surface area (Å²) in [6.07, 6.45) is -6.66. The highest BCUT2D eigenvalue weighted by Crippen LogP contribution is 2.33. The molecule has 0 amide bonds. The molecule has 3 aromatic rings. The molecular formula is C28H33F6N5O5S. The van der Waals surface area contributed by atoms with Crippen molar-refractivity contribution in [2.45, 2.75) is 42.9 Å². The second kappa shape index (κ2) is 14.7. The first-order valence-electron chi connectivity index (χ1n) is 14.1. The SMILES string of the molecule is O=S(=O)(NCC1CCC(CNc2nc(NCCO)c3ccccc3n2)CC1)c1cc(OCC(F)(F)F)ccc1OCC(F)(F)F. The van der Waals surface area contributed by atoms with Gasteiger partial charge in [0.2, 0.25) is 16.0 Å². The number of nitrogens with zero attached hydrogens (tertiary/aromatic N) is 2. The molecule has 4 N–H and O–H groups in total. The molecule has 10 nitrogen and oxygen atoms in total. The van der Waals surface area contributed by atoms with Crippen LogP contribution in [0.25, 0.3) is 10.9 Å². The summed E-state index contributed by atoms with van der Waals surface area (Å²) in [6.45, 7) is -2.69. The molecule has 0 unspecified atom stereocenters. The molecule has 0 atom stereocenters. The fourth-order valence-corrected chi connectivity index (χ4v) is 6.15. The van der Waals surface area contributed by atoms with Gasteiger partial charge in [0.25, 0.3) is 0 Å². The molecule has 1 aliphatic rings. The molecule has 1 saturated carbocycles. The Labute approximate surface area is 255 Å². The second-order valence-corrected chi connectivity index (χ2v) is 12.3. The van der Waals surface area contributed by atoms with Crippen LogP contribution in [0.1, 0.15) is 25.7 Å². The van der Waals surface area contributed by atoms with Gasteiger partial charge in [-0.15, -0.1) is 0 Å². The van der Waals surface area contributed by atoms with Crippen molar-refractivity contribution in [3.63, 3.8) is 0 Å². The Bertz CT molecular complexity index is 1530. The van der Waals surface area contributed by atoms with E-state index in [1.54, 1.807) is 0 Å². The molecule has 2 aromatic carbocycles. The van der Waals surface area contributed by atoms with Crippen LogP contribution in [0.15, 0.2) is 47.4 Å². The van der Waals surface area contributed by atoms with E-state index in [4.69, 9.17) is 0 Å². The molecule has 0 radical (unpaired) electrons. The lowest BCUT2D eigenvalue weighted by molar-refractivity contribution is -0.154. The minimum absolute atomic E-state index is 0.0253. The number of hydrogen-bond donors (Lipinski definition) is 4. The lowest BCUT2D eigenvalue weighted by atomic mass is 9.82. The van der Waals surface area contributed by atoms with E-state index < -0.39 is 52.0 Å². The van der Waals surface area contributed by atoms with Gasteiger partial charge in [0.15, 0.2) is 13.2 Å². The zero-order valence-electron chi connectivity index (χ0n) is 23.9. The monoisotopic (exact) mass is 665 g/mol. The summed E-state index contributed by atoms with van der Waals surface area (Å²) in [5.41, 5.74) is 0.732. The van der Waals surface area contributed by atoms with Crippen molar-refractivity contribution in [2.24, 2.45) is 11.8 Å². The van der Waals surface area contributed by atoms with E-state index in [-0.39, 0.29) is 25.0 Å². The highest BCUT2D eigenvalue weighted by atomic mass is 32.2. The van der Waals surface area contributed by atoms with Crippen LogP contribution in [0.4, 0.5) is 38.1 Å². The average Bonchev–Trinajstić information content (AvgIpc) is 2.99. The maximum absolute atomic E-state index is 13.1. The molecule has 0 aliphatic heterocycles. The van der Waals surface area contributed by atoms with E-state index in [9.17, 15) is 39.9 Å². The lowest BCUT2D eigenvalue weighted by Gasteiger charge is -2.29. The van der Waals surface area contributed by atoms with Crippen LogP contribution in [-0.4, -0.2) is 75.3 Å². The number of aliphatic hydroxyl groups is 1. The Hall–Kier alpha value is -3.57. The molecule has 45 heavy (non-hydrogen) atoms. The second-order valence-electron chi connectivity index (χ2n) is 10.6. The molecule has 0 saturated heterocycles. The largest absolute Gasteiger partial charge is 0.484 e. The number of halogens is 6. The van der Waals surface area contributed by atoms with Crippen molar-refractivity contribution >= 4 is 32.7 Å². The summed E-state index contributed by atoms with van der Waals surface area (Å²) in [6, 6.07) is 9.91. The molecule has 4 rings (SSSR count). The Balaban J connectivity index is 1.34. The summed E-state index contributed by atoms with van der Waals surface area (Å²) < 4.78 is 114. The molecule has 0 spiro atoms. The number of para-hydroxylation sites is 1. The number of sulfonamides is 1. The van der Waals surface area contributed by atoms with Gasteiger partial charge in [-0.1, -0.05) is 12.1 Å². The van der Waals surface area contributed by atoms with Crippen molar-refractivity contribution in [1.29, 1.82) is 0 Å². The Morgan fingerprint density at radius 3 is 2.16 bits per heavy atom. The van der Waals surface area contributed by atoms with Gasteiger partial charge in [-0.25, -0.2) is 18.1 Å². The number of benzene rings is 2. The normalized spacial score (nSPS) is 17.7. The van der Waals surface area contributed by atoms with E-state index >= 15 is 0 Å². The predicted octanol–water partition coefficient (Wildman–Crippen LogP) is 5.11. The quantitative estimate of drug-likeness (QED) is 0.173. The minimum Gasteiger partial charge on any atom is -0.484 e. The van der Waals surface area contributed by atoms with E-state index in [2.05, 4.69) is 34.8 Å². The summed E-state index contributed by atoms with van der Waals surface area (Å²) in [4.78, 5) is 8.32. The first kappa shape index (κ1) is 34.3. The standard InChI is InChI=1S/C28H33F6N5O5S/c29-27(30,31)16-43-20-9-10-23(44-17-28(32,33)34)24(13-20)45(41,42)37-15-19-7-5-18(6-8-19)14-36-26-38-22-4-2-1-3-21(22)25(39-26)35-11-12-40/h1-4,9-10,13,18-19,37,40H,5-8,11-12,14-17H2,(H2,35,36,38,39). The maximum Gasteiger partial charge on any atom is 0.422 e. The average molecular weight is 666 g/mol. The fraction of sp³-hybridized carbons (Fsp3) is 0.500. The lowest BCUT2D eigenvalue weighted by Crippen LogP contribution is -2.33. The number of aliphatic hydroxyl groups excluding tert-OH is 1. The van der Waals surface area contributed by atoms with Crippen LogP contribution < -0.4 is 24.8 Å². The molecule has 248 valence electrons. The van der Waals surface area contributed by atoms with Gasteiger partial charge in [0.05, 0.1) is 12.1 Å². The van der Waals surface area contributed by atoms with Crippen LogP contribution in [0, 0.1) is 11.8 Å². The Morgan fingerprint density at radius 1 is 0.844 bits per heavy atom. The van der Waals surface area contributed by atoms with Gasteiger partial charge >= 0.3 is 12.4 Å². The number of nitrogens with one attached hydrogen (secondary N) is 3. The molecule has 0 bridgehead atoms. The smallest absolute Gasteiger partial charge is 0.422 e. The number of ether oxygens (including phenoxy) is 2. The predicted molar refractivity (Wildman–Crippen MR) is 154 cm³/mol. The van der Waals surface area contributed by atoms with Crippen molar-refractivity contribution in [3.8, 4) is 11.5 Å². The first-order valence-corrected chi connectivity index (χ1v) is 15.6. The van der Waals surface area contributed by atoms with Crippen molar-refractivity contribution < 1.29 is 49.3 Å². The number of hydrogen-bond acceptors (Lipinski definition) is 9. The number of aromatic nitrogens is 2. The van der Waals surface area contributed by atoms with Gasteiger partial charge in [-0.05, 0) is 61.8 Å².